The van der Waals surface area contributed by atoms with Crippen molar-refractivity contribution >= 4 is 0 Å². The van der Waals surface area contributed by atoms with Gasteiger partial charge in [-0.3, -0.25) is 0 Å². The zero-order valence-corrected chi connectivity index (χ0v) is 6.05. The van der Waals surface area contributed by atoms with Gasteiger partial charge < -0.3 is 4.52 Å². The van der Waals surface area contributed by atoms with Crippen molar-refractivity contribution in [3.05, 3.63) is 54.9 Å². The summed E-state index contributed by atoms with van der Waals surface area (Å²) in [6, 6.07) is 13.7. The first kappa shape index (κ1) is 7.54. The Morgan fingerprint density at radius 3 is 1.45 bits per heavy atom. The lowest BCUT2D eigenvalue weighted by Gasteiger charge is -1.69. The first-order chi connectivity index (χ1) is 5.50. The molecule has 11 heavy (non-hydrogen) atoms. The van der Waals surface area contributed by atoms with Gasteiger partial charge in [-0.05, 0) is 6.07 Å². The van der Waals surface area contributed by atoms with Crippen LogP contribution in [0.5, 0.6) is 0 Å². The molecule has 1 aromatic heterocycles. The van der Waals surface area contributed by atoms with Crippen LogP contribution in [-0.2, 0) is 0 Å². The van der Waals surface area contributed by atoms with Crippen LogP contribution < -0.4 is 0 Å². The minimum absolute atomic E-state index is 1.51. The lowest BCUT2D eigenvalue weighted by Crippen LogP contribution is -1.47. The molecular formula is C9H9NO. The minimum Gasteiger partial charge on any atom is -0.365 e. The molecule has 2 heteroatoms. The van der Waals surface area contributed by atoms with Gasteiger partial charge in [0.2, 0.25) is 0 Å². The maximum absolute atomic E-state index is 4.33. The van der Waals surface area contributed by atoms with E-state index < -0.39 is 0 Å². The summed E-state index contributed by atoms with van der Waals surface area (Å²) < 4.78 is 4.33. The standard InChI is InChI=1S/C6H6.C3H3NO/c1-2-4-6-5-3-1;1-2-4-5-3-1/h1-6H;1-3H. The third-order valence-electron chi connectivity index (χ3n) is 1.01. The van der Waals surface area contributed by atoms with Crippen LogP contribution in [0.4, 0.5) is 0 Å². The maximum Gasteiger partial charge on any atom is 0.123 e. The predicted octanol–water partition coefficient (Wildman–Crippen LogP) is 2.36. The van der Waals surface area contributed by atoms with Crippen LogP contribution in [0.3, 0.4) is 0 Å². The molecule has 0 radical (unpaired) electrons. The van der Waals surface area contributed by atoms with Gasteiger partial charge in [0.25, 0.3) is 0 Å². The Balaban J connectivity index is 0.000000112. The zero-order valence-electron chi connectivity index (χ0n) is 6.05. The topological polar surface area (TPSA) is 26.0 Å². The number of benzene rings is 1. The molecule has 2 aromatic rings. The van der Waals surface area contributed by atoms with Crippen LogP contribution in [0.1, 0.15) is 0 Å². The molecule has 2 rings (SSSR count). The Labute approximate surface area is 65.5 Å². The highest BCUT2D eigenvalue weighted by atomic mass is 16.5. The molecule has 2 nitrogen and oxygen atoms in total. The second-order valence-electron chi connectivity index (χ2n) is 1.84. The lowest BCUT2D eigenvalue weighted by molar-refractivity contribution is 0.420. The van der Waals surface area contributed by atoms with Crippen molar-refractivity contribution in [2.75, 3.05) is 0 Å². The van der Waals surface area contributed by atoms with E-state index in [9.17, 15) is 0 Å². The van der Waals surface area contributed by atoms with Crippen molar-refractivity contribution in [1.29, 1.82) is 0 Å². The van der Waals surface area contributed by atoms with E-state index in [-0.39, 0.29) is 0 Å². The fourth-order valence-electron chi connectivity index (χ4n) is 0.561. The highest BCUT2D eigenvalue weighted by Gasteiger charge is 1.60. The molecule has 0 saturated carbocycles. The van der Waals surface area contributed by atoms with Crippen LogP contribution in [0, 0.1) is 0 Å². The van der Waals surface area contributed by atoms with E-state index >= 15 is 0 Å². The summed E-state index contributed by atoms with van der Waals surface area (Å²) in [7, 11) is 0. The Kier molecular flexibility index (Phi) is 3.59. The van der Waals surface area contributed by atoms with Crippen molar-refractivity contribution in [1.82, 2.24) is 5.16 Å². The number of nitrogens with zero attached hydrogens (tertiary/aromatic N) is 1. The highest BCUT2D eigenvalue weighted by molar-refractivity contribution is 4.99. The predicted molar refractivity (Wildman–Crippen MR) is 42.9 cm³/mol. The van der Waals surface area contributed by atoms with Gasteiger partial charge in [-0.1, -0.05) is 41.6 Å². The molecule has 0 amide bonds. The summed E-state index contributed by atoms with van der Waals surface area (Å²) in [6.45, 7) is 0. The van der Waals surface area contributed by atoms with Gasteiger partial charge in [-0.25, -0.2) is 0 Å². The van der Waals surface area contributed by atoms with Crippen LogP contribution in [-0.4, -0.2) is 5.16 Å². The summed E-state index contributed by atoms with van der Waals surface area (Å²) in [5, 5.41) is 3.35. The van der Waals surface area contributed by atoms with E-state index in [0.29, 0.717) is 0 Å². The smallest absolute Gasteiger partial charge is 0.123 e. The molecule has 0 aliphatic rings. The molecule has 0 atom stereocenters. The van der Waals surface area contributed by atoms with Crippen molar-refractivity contribution in [3.63, 3.8) is 0 Å². The molecule has 0 aliphatic carbocycles. The third-order valence-corrected chi connectivity index (χ3v) is 1.01. The number of hydrogen-bond donors (Lipinski definition) is 0. The van der Waals surface area contributed by atoms with Crippen LogP contribution >= 0.6 is 0 Å². The summed E-state index contributed by atoms with van der Waals surface area (Å²) in [5.74, 6) is 0. The van der Waals surface area contributed by atoms with Gasteiger partial charge in [0, 0.05) is 0 Å². The number of rotatable bonds is 0. The average Bonchev–Trinajstić information content (AvgIpc) is 2.64. The first-order valence-electron chi connectivity index (χ1n) is 3.34. The van der Waals surface area contributed by atoms with Gasteiger partial charge in [0.15, 0.2) is 0 Å². The molecule has 1 aromatic carbocycles. The Bertz CT molecular complexity index is 195. The van der Waals surface area contributed by atoms with E-state index in [2.05, 4.69) is 9.68 Å². The van der Waals surface area contributed by atoms with Gasteiger partial charge in [-0.2, -0.15) is 0 Å². The average molecular weight is 147 g/mol. The molecule has 1 heterocycles. The van der Waals surface area contributed by atoms with E-state index in [1.54, 1.807) is 12.3 Å². The van der Waals surface area contributed by atoms with Crippen molar-refractivity contribution in [3.8, 4) is 0 Å². The third kappa shape index (κ3) is 3.92. The van der Waals surface area contributed by atoms with Gasteiger partial charge in [-0.15, -0.1) is 0 Å². The summed E-state index contributed by atoms with van der Waals surface area (Å²) >= 11 is 0. The molecule has 0 unspecified atom stereocenters. The SMILES string of the molecule is c1ccccc1.c1cnoc1. The molecular weight excluding hydrogens is 138 g/mol. The Morgan fingerprint density at radius 2 is 1.27 bits per heavy atom. The highest BCUT2D eigenvalue weighted by Crippen LogP contribution is 1.79. The molecule has 0 aliphatic heterocycles. The molecule has 0 fully saturated rings. The Hall–Kier alpha value is -1.57. The molecule has 0 N–H and O–H groups in total. The van der Waals surface area contributed by atoms with Crippen LogP contribution in [0.15, 0.2) is 59.4 Å². The maximum atomic E-state index is 4.33. The van der Waals surface area contributed by atoms with Gasteiger partial charge in [0.1, 0.15) is 6.26 Å². The van der Waals surface area contributed by atoms with E-state index in [4.69, 9.17) is 0 Å². The van der Waals surface area contributed by atoms with Crippen molar-refractivity contribution in [2.24, 2.45) is 0 Å². The lowest BCUT2D eigenvalue weighted by atomic mass is 10.4. The monoisotopic (exact) mass is 147 g/mol. The summed E-state index contributed by atoms with van der Waals surface area (Å²) in [6.07, 6.45) is 3.10. The molecule has 56 valence electrons. The first-order valence-corrected chi connectivity index (χ1v) is 3.34. The summed E-state index contributed by atoms with van der Waals surface area (Å²) in [4.78, 5) is 0. The second-order valence-corrected chi connectivity index (χ2v) is 1.84. The molecule has 0 spiro atoms. The van der Waals surface area contributed by atoms with Crippen molar-refractivity contribution in [2.45, 2.75) is 0 Å². The fourth-order valence-corrected chi connectivity index (χ4v) is 0.561. The van der Waals surface area contributed by atoms with E-state index in [0.717, 1.165) is 0 Å². The number of aromatic nitrogens is 1. The normalized spacial score (nSPS) is 8.00. The van der Waals surface area contributed by atoms with Crippen molar-refractivity contribution < 1.29 is 4.52 Å². The second kappa shape index (κ2) is 5.23. The number of hydrogen-bond acceptors (Lipinski definition) is 2. The van der Waals surface area contributed by atoms with Crippen LogP contribution in [0.25, 0.3) is 0 Å². The van der Waals surface area contributed by atoms with Gasteiger partial charge >= 0.3 is 0 Å². The largest absolute Gasteiger partial charge is 0.365 e. The Morgan fingerprint density at radius 1 is 0.727 bits per heavy atom. The minimum atomic E-state index is 1.51. The van der Waals surface area contributed by atoms with E-state index in [1.165, 1.54) is 6.26 Å². The zero-order chi connectivity index (χ0) is 7.78. The molecule has 0 saturated heterocycles. The fraction of sp³-hybridized carbons (Fsp3) is 0. The summed E-state index contributed by atoms with van der Waals surface area (Å²) in [5.41, 5.74) is 0. The molecule has 0 bridgehead atoms. The van der Waals surface area contributed by atoms with E-state index in [1.807, 2.05) is 36.4 Å². The quantitative estimate of drug-likeness (QED) is 0.571. The van der Waals surface area contributed by atoms with Gasteiger partial charge in [0.05, 0.1) is 6.20 Å². The van der Waals surface area contributed by atoms with Crippen LogP contribution in [0.2, 0.25) is 0 Å².